The molecule has 0 radical (unpaired) electrons. The second kappa shape index (κ2) is 12.2. The lowest BCUT2D eigenvalue weighted by molar-refractivity contribution is 0.414. The number of ether oxygens (including phenoxy) is 1. The number of fused-ring (bicyclic) bond motifs is 1. The topological polar surface area (TPSA) is 25.0 Å². The monoisotopic (exact) mass is 367 g/mol. The van der Waals surface area contributed by atoms with Gasteiger partial charge in [-0.3, -0.25) is 0 Å². The van der Waals surface area contributed by atoms with Gasteiger partial charge >= 0.3 is 0 Å². The number of hydrogen-bond donors (Lipinski definition) is 1. The number of hydrogen-bond acceptors (Lipinski definition) is 1. The van der Waals surface area contributed by atoms with Gasteiger partial charge in [0.25, 0.3) is 0 Å². The molecule has 0 aliphatic rings. The van der Waals surface area contributed by atoms with Crippen LogP contribution in [0.15, 0.2) is 54.7 Å². The van der Waals surface area contributed by atoms with Crippen LogP contribution in [0.3, 0.4) is 0 Å². The molecule has 0 amide bonds. The first kappa shape index (κ1) is 22.8. The second-order valence-electron chi connectivity index (χ2n) is 7.37. The molecule has 0 bridgehead atoms. The summed E-state index contributed by atoms with van der Waals surface area (Å²) in [7, 11) is 1.68. The Balaban J connectivity index is 0.000000227. The van der Waals surface area contributed by atoms with Gasteiger partial charge in [0.15, 0.2) is 0 Å². The summed E-state index contributed by atoms with van der Waals surface area (Å²) in [4.78, 5) is 3.27. The third kappa shape index (κ3) is 7.50. The van der Waals surface area contributed by atoms with E-state index in [1.54, 1.807) is 7.11 Å². The van der Waals surface area contributed by atoms with E-state index in [1.165, 1.54) is 34.9 Å². The number of nitrogens with one attached hydrogen (secondary N) is 1. The van der Waals surface area contributed by atoms with Crippen molar-refractivity contribution in [3.05, 3.63) is 65.9 Å². The molecule has 0 saturated carbocycles. The van der Waals surface area contributed by atoms with Crippen LogP contribution < -0.4 is 4.74 Å². The molecule has 148 valence electrons. The maximum atomic E-state index is 5.05. The van der Waals surface area contributed by atoms with Crippen LogP contribution in [-0.2, 0) is 0 Å². The zero-order chi connectivity index (χ0) is 20.2. The molecule has 2 heteroatoms. The highest BCUT2D eigenvalue weighted by molar-refractivity contribution is 5.83. The fourth-order valence-corrected chi connectivity index (χ4v) is 2.56. The summed E-state index contributed by atoms with van der Waals surface area (Å²) in [6, 6.07) is 16.6. The van der Waals surface area contributed by atoms with Crippen molar-refractivity contribution in [3.63, 3.8) is 0 Å². The van der Waals surface area contributed by atoms with E-state index in [1.807, 2.05) is 12.1 Å². The number of rotatable bonds is 4. The van der Waals surface area contributed by atoms with E-state index in [0.717, 1.165) is 5.75 Å². The summed E-state index contributed by atoms with van der Waals surface area (Å²) in [5, 5.41) is 1.35. The fraction of sp³-hybridized carbons (Fsp3) is 0.440. The highest BCUT2D eigenvalue weighted by atomic mass is 16.5. The number of aromatic nitrogens is 1. The summed E-state index contributed by atoms with van der Waals surface area (Å²) in [5.41, 5.74) is 4.00. The van der Waals surface area contributed by atoms with Gasteiger partial charge in [-0.25, -0.2) is 0 Å². The molecule has 1 aromatic heterocycles. The van der Waals surface area contributed by atoms with Gasteiger partial charge in [0.05, 0.1) is 7.11 Å². The van der Waals surface area contributed by atoms with Crippen molar-refractivity contribution < 1.29 is 4.74 Å². The minimum atomic E-state index is 0.598. The summed E-state index contributed by atoms with van der Waals surface area (Å²) in [6.07, 6.45) is 4.75. The smallest absolute Gasteiger partial charge is 0.118 e. The lowest BCUT2D eigenvalue weighted by Crippen LogP contribution is -1.87. The van der Waals surface area contributed by atoms with Crippen LogP contribution in [0.1, 0.15) is 77.3 Å². The Kier molecular flexibility index (Phi) is 10.3. The number of H-pyrrole nitrogens is 1. The first-order chi connectivity index (χ1) is 12.9. The van der Waals surface area contributed by atoms with Gasteiger partial charge in [-0.05, 0) is 41.2 Å². The Hall–Kier alpha value is -2.22. The van der Waals surface area contributed by atoms with Gasteiger partial charge in [-0.2, -0.15) is 0 Å². The molecule has 0 saturated heterocycles. The van der Waals surface area contributed by atoms with E-state index in [-0.39, 0.29) is 0 Å². The van der Waals surface area contributed by atoms with Crippen molar-refractivity contribution in [2.75, 3.05) is 7.11 Å². The molecule has 27 heavy (non-hydrogen) atoms. The van der Waals surface area contributed by atoms with Crippen LogP contribution in [-0.4, -0.2) is 12.1 Å². The van der Waals surface area contributed by atoms with Crippen molar-refractivity contribution in [3.8, 4) is 5.75 Å². The molecule has 3 rings (SSSR count). The maximum absolute atomic E-state index is 5.05. The summed E-state index contributed by atoms with van der Waals surface area (Å²) < 4.78 is 5.05. The van der Waals surface area contributed by atoms with Crippen LogP contribution in [0, 0.1) is 0 Å². The van der Waals surface area contributed by atoms with Crippen LogP contribution in [0.2, 0.25) is 0 Å². The van der Waals surface area contributed by atoms with E-state index in [2.05, 4.69) is 89.1 Å². The fourth-order valence-electron chi connectivity index (χ4n) is 2.56. The standard InChI is InChI=1S/C11H13N.C10H14O.C4H10/c1-8(2)10-7-12-11-6-4-3-5-9(10)11;1-8(2)9-4-6-10(11-3)7-5-9;1-3-4-2/h3-8,12H,1-2H3;4-8H,1-3H3;3-4H2,1-2H3. The molecule has 0 spiro atoms. The molecule has 0 unspecified atom stereocenters. The van der Waals surface area contributed by atoms with Crippen molar-refractivity contribution in [2.45, 2.75) is 66.2 Å². The number of para-hydroxylation sites is 1. The molecule has 2 aromatic carbocycles. The lowest BCUT2D eigenvalue weighted by Gasteiger charge is -2.05. The van der Waals surface area contributed by atoms with Crippen molar-refractivity contribution in [1.82, 2.24) is 4.98 Å². The average Bonchev–Trinajstić information content (AvgIpc) is 3.13. The Morgan fingerprint density at radius 2 is 1.41 bits per heavy atom. The molecule has 0 atom stereocenters. The minimum absolute atomic E-state index is 0.598. The first-order valence-electron chi connectivity index (χ1n) is 10.1. The van der Waals surface area contributed by atoms with E-state index in [4.69, 9.17) is 4.74 Å². The van der Waals surface area contributed by atoms with Gasteiger partial charge in [0.1, 0.15) is 5.75 Å². The number of aromatic amines is 1. The van der Waals surface area contributed by atoms with Gasteiger partial charge in [0, 0.05) is 17.1 Å². The normalized spacial score (nSPS) is 10.3. The lowest BCUT2D eigenvalue weighted by atomic mass is 10.0. The molecule has 0 aliphatic heterocycles. The van der Waals surface area contributed by atoms with Gasteiger partial charge in [-0.1, -0.05) is 84.7 Å². The third-order valence-electron chi connectivity index (χ3n) is 4.53. The minimum Gasteiger partial charge on any atom is -0.497 e. The molecule has 0 fully saturated rings. The van der Waals surface area contributed by atoms with E-state index >= 15 is 0 Å². The number of benzene rings is 2. The van der Waals surface area contributed by atoms with Crippen LogP contribution in [0.5, 0.6) is 5.75 Å². The molecular weight excluding hydrogens is 330 g/mol. The van der Waals surface area contributed by atoms with Crippen molar-refractivity contribution in [1.29, 1.82) is 0 Å². The van der Waals surface area contributed by atoms with Crippen molar-refractivity contribution in [2.24, 2.45) is 0 Å². The molecular formula is C25H37NO. The Labute approximate surface area is 166 Å². The van der Waals surface area contributed by atoms with E-state index < -0.39 is 0 Å². The van der Waals surface area contributed by atoms with Crippen molar-refractivity contribution >= 4 is 10.9 Å². The number of unbranched alkanes of at least 4 members (excludes halogenated alkanes) is 1. The molecule has 1 N–H and O–H groups in total. The predicted octanol–water partition coefficient (Wildman–Crippen LogP) is 7.92. The Morgan fingerprint density at radius 3 is 1.89 bits per heavy atom. The maximum Gasteiger partial charge on any atom is 0.118 e. The van der Waals surface area contributed by atoms with Crippen LogP contribution in [0.4, 0.5) is 0 Å². The number of methoxy groups -OCH3 is 1. The highest BCUT2D eigenvalue weighted by Gasteiger charge is 2.05. The first-order valence-corrected chi connectivity index (χ1v) is 10.1. The second-order valence-corrected chi connectivity index (χ2v) is 7.37. The molecule has 3 aromatic rings. The van der Waals surface area contributed by atoms with Gasteiger partial charge < -0.3 is 9.72 Å². The SMILES string of the molecule is CC(C)c1c[nH]c2ccccc12.CCCC.COc1ccc(C(C)C)cc1. The molecule has 0 aliphatic carbocycles. The van der Waals surface area contributed by atoms with Crippen LogP contribution in [0.25, 0.3) is 10.9 Å². The highest BCUT2D eigenvalue weighted by Crippen LogP contribution is 2.24. The van der Waals surface area contributed by atoms with Gasteiger partial charge in [-0.15, -0.1) is 0 Å². The molecule has 2 nitrogen and oxygen atoms in total. The summed E-state index contributed by atoms with van der Waals surface area (Å²) >= 11 is 0. The average molecular weight is 368 g/mol. The van der Waals surface area contributed by atoms with Gasteiger partial charge in [0.2, 0.25) is 0 Å². The Morgan fingerprint density at radius 1 is 0.815 bits per heavy atom. The molecule has 1 heterocycles. The van der Waals surface area contributed by atoms with E-state index in [9.17, 15) is 0 Å². The van der Waals surface area contributed by atoms with Crippen LogP contribution >= 0.6 is 0 Å². The quantitative estimate of drug-likeness (QED) is 0.498. The van der Waals surface area contributed by atoms with E-state index in [0.29, 0.717) is 11.8 Å². The predicted molar refractivity (Wildman–Crippen MR) is 120 cm³/mol. The summed E-state index contributed by atoms with van der Waals surface area (Å²) in [6.45, 7) is 13.2. The Bertz CT molecular complexity index is 751. The largest absolute Gasteiger partial charge is 0.497 e. The zero-order valence-corrected chi connectivity index (χ0v) is 18.2. The summed E-state index contributed by atoms with van der Waals surface area (Å²) in [5.74, 6) is 2.12. The zero-order valence-electron chi connectivity index (χ0n) is 18.2. The third-order valence-corrected chi connectivity index (χ3v) is 4.53.